The van der Waals surface area contributed by atoms with Gasteiger partial charge in [-0.25, -0.2) is 4.98 Å². The first-order valence-corrected chi connectivity index (χ1v) is 7.03. The summed E-state index contributed by atoms with van der Waals surface area (Å²) in [6, 6.07) is 6.27. The summed E-state index contributed by atoms with van der Waals surface area (Å²) in [7, 11) is 0. The van der Waals surface area contributed by atoms with Crippen LogP contribution in [0.3, 0.4) is 0 Å². The molecule has 1 unspecified atom stereocenters. The minimum Gasteiger partial charge on any atom is -0.389 e. The van der Waals surface area contributed by atoms with E-state index in [1.165, 1.54) is 5.56 Å². The second-order valence-electron chi connectivity index (χ2n) is 4.18. The fourth-order valence-electron chi connectivity index (χ4n) is 1.69. The largest absolute Gasteiger partial charge is 0.389 e. The number of aromatic nitrogens is 1. The van der Waals surface area contributed by atoms with Crippen molar-refractivity contribution in [3.8, 4) is 0 Å². The van der Waals surface area contributed by atoms with E-state index >= 15 is 0 Å². The maximum atomic E-state index is 5.53. The van der Waals surface area contributed by atoms with Crippen LogP contribution in [0.4, 0.5) is 5.82 Å². The number of nitrogens with zero attached hydrogens (tertiary/aromatic N) is 1. The van der Waals surface area contributed by atoms with Gasteiger partial charge in [0.15, 0.2) is 0 Å². The van der Waals surface area contributed by atoms with Crippen molar-refractivity contribution in [3.05, 3.63) is 46.3 Å². The zero-order valence-corrected chi connectivity index (χ0v) is 11.7. The van der Waals surface area contributed by atoms with Gasteiger partial charge in [-0.2, -0.15) is 11.3 Å². The van der Waals surface area contributed by atoms with Gasteiger partial charge in [-0.1, -0.05) is 12.2 Å². The highest BCUT2D eigenvalue weighted by Crippen LogP contribution is 2.12. The molecule has 0 spiro atoms. The fraction of sp³-hybridized carbons (Fsp3) is 0.231. The van der Waals surface area contributed by atoms with Crippen LogP contribution in [0.15, 0.2) is 35.2 Å². The second kappa shape index (κ2) is 5.93. The lowest BCUT2D eigenvalue weighted by Crippen LogP contribution is -2.19. The van der Waals surface area contributed by atoms with Gasteiger partial charge < -0.3 is 11.1 Å². The fourth-order valence-corrected chi connectivity index (χ4v) is 2.49. The molecule has 0 bridgehead atoms. The lowest BCUT2D eigenvalue weighted by molar-refractivity contribution is 0.787. The van der Waals surface area contributed by atoms with Crippen LogP contribution in [0.2, 0.25) is 0 Å². The number of nitrogens with one attached hydrogen (secondary N) is 1. The smallest absolute Gasteiger partial charge is 0.126 e. The molecule has 0 saturated carbocycles. The summed E-state index contributed by atoms with van der Waals surface area (Å²) >= 11 is 6.61. The number of hydrogen-bond acceptors (Lipinski definition) is 4. The summed E-state index contributed by atoms with van der Waals surface area (Å²) in [5, 5.41) is 7.62. The van der Waals surface area contributed by atoms with E-state index in [0.717, 1.165) is 17.8 Å². The molecule has 1 atom stereocenters. The molecule has 2 aromatic rings. The minimum atomic E-state index is 0.336. The zero-order chi connectivity index (χ0) is 13.0. The number of thiophene rings is 1. The second-order valence-corrected chi connectivity index (χ2v) is 5.40. The van der Waals surface area contributed by atoms with Gasteiger partial charge in [-0.15, -0.1) is 0 Å². The summed E-state index contributed by atoms with van der Waals surface area (Å²) in [6.07, 6.45) is 2.68. The SMILES string of the molecule is CC(Cc1ccsc1)Nc1ccc(C(N)=S)cn1. The molecule has 0 aliphatic rings. The Bertz CT molecular complexity index is 506. The third-order valence-corrected chi connectivity index (χ3v) is 3.53. The molecule has 94 valence electrons. The summed E-state index contributed by atoms with van der Waals surface area (Å²) in [5.74, 6) is 0.845. The molecule has 0 aliphatic carbocycles. The molecular weight excluding hydrogens is 262 g/mol. The molecule has 2 rings (SSSR count). The van der Waals surface area contributed by atoms with Crippen molar-refractivity contribution >= 4 is 34.4 Å². The molecule has 2 heterocycles. The topological polar surface area (TPSA) is 50.9 Å². The minimum absolute atomic E-state index is 0.336. The van der Waals surface area contributed by atoms with Crippen LogP contribution in [-0.2, 0) is 6.42 Å². The highest BCUT2D eigenvalue weighted by atomic mass is 32.1. The van der Waals surface area contributed by atoms with E-state index in [0.29, 0.717) is 11.0 Å². The highest BCUT2D eigenvalue weighted by molar-refractivity contribution is 7.80. The van der Waals surface area contributed by atoms with Crippen LogP contribution in [0.5, 0.6) is 0 Å². The predicted molar refractivity (Wildman–Crippen MR) is 81.2 cm³/mol. The van der Waals surface area contributed by atoms with Gasteiger partial charge in [-0.05, 0) is 47.9 Å². The molecule has 0 radical (unpaired) electrons. The summed E-state index contributed by atoms with van der Waals surface area (Å²) in [4.78, 5) is 4.67. The predicted octanol–water partition coefficient (Wildman–Crippen LogP) is 2.82. The van der Waals surface area contributed by atoms with E-state index < -0.39 is 0 Å². The first-order valence-electron chi connectivity index (χ1n) is 5.68. The Hall–Kier alpha value is -1.46. The zero-order valence-electron chi connectivity index (χ0n) is 10.1. The third kappa shape index (κ3) is 3.51. The number of pyridine rings is 1. The van der Waals surface area contributed by atoms with E-state index in [-0.39, 0.29) is 0 Å². The molecule has 0 saturated heterocycles. The quantitative estimate of drug-likeness (QED) is 0.825. The van der Waals surface area contributed by atoms with Crippen LogP contribution in [-0.4, -0.2) is 16.0 Å². The Labute approximate surface area is 116 Å². The maximum absolute atomic E-state index is 5.53. The number of hydrogen-bond donors (Lipinski definition) is 2. The Balaban J connectivity index is 1.94. The Kier molecular flexibility index (Phi) is 4.28. The molecular formula is C13H15N3S2. The Morgan fingerprint density at radius 1 is 1.50 bits per heavy atom. The van der Waals surface area contributed by atoms with E-state index in [4.69, 9.17) is 18.0 Å². The molecule has 0 amide bonds. The molecule has 18 heavy (non-hydrogen) atoms. The van der Waals surface area contributed by atoms with Crippen LogP contribution >= 0.6 is 23.6 Å². The van der Waals surface area contributed by atoms with Crippen molar-refractivity contribution in [2.45, 2.75) is 19.4 Å². The number of thiocarbonyl (C=S) groups is 1. The normalized spacial score (nSPS) is 12.1. The van der Waals surface area contributed by atoms with Gasteiger partial charge in [0.2, 0.25) is 0 Å². The Morgan fingerprint density at radius 2 is 2.33 bits per heavy atom. The van der Waals surface area contributed by atoms with Gasteiger partial charge in [0.25, 0.3) is 0 Å². The molecule has 5 heteroatoms. The monoisotopic (exact) mass is 277 g/mol. The van der Waals surface area contributed by atoms with E-state index in [2.05, 4.69) is 34.1 Å². The van der Waals surface area contributed by atoms with Crippen LogP contribution < -0.4 is 11.1 Å². The van der Waals surface area contributed by atoms with E-state index in [1.807, 2.05) is 12.1 Å². The lowest BCUT2D eigenvalue weighted by atomic mass is 10.1. The molecule has 0 aromatic carbocycles. The van der Waals surface area contributed by atoms with E-state index in [9.17, 15) is 0 Å². The molecule has 0 fully saturated rings. The lowest BCUT2D eigenvalue weighted by Gasteiger charge is -2.13. The van der Waals surface area contributed by atoms with Crippen molar-refractivity contribution in [3.63, 3.8) is 0 Å². The van der Waals surface area contributed by atoms with Crippen LogP contribution in [0.1, 0.15) is 18.1 Å². The van der Waals surface area contributed by atoms with Crippen molar-refractivity contribution < 1.29 is 0 Å². The van der Waals surface area contributed by atoms with Crippen LogP contribution in [0.25, 0.3) is 0 Å². The average Bonchev–Trinajstić information content (AvgIpc) is 2.82. The van der Waals surface area contributed by atoms with Crippen LogP contribution in [0, 0.1) is 0 Å². The third-order valence-electron chi connectivity index (χ3n) is 2.56. The van der Waals surface area contributed by atoms with Gasteiger partial charge in [-0.3, -0.25) is 0 Å². The van der Waals surface area contributed by atoms with Gasteiger partial charge in [0, 0.05) is 17.8 Å². The summed E-state index contributed by atoms with van der Waals surface area (Å²) in [6.45, 7) is 2.14. The molecule has 3 nitrogen and oxygen atoms in total. The molecule has 0 aliphatic heterocycles. The van der Waals surface area contributed by atoms with Gasteiger partial charge in [0.05, 0.1) is 0 Å². The van der Waals surface area contributed by atoms with E-state index in [1.54, 1.807) is 17.5 Å². The first-order chi connectivity index (χ1) is 8.65. The number of anilines is 1. The first kappa shape index (κ1) is 13.0. The number of rotatable bonds is 5. The summed E-state index contributed by atoms with van der Waals surface area (Å²) < 4.78 is 0. The van der Waals surface area contributed by atoms with Gasteiger partial charge in [0.1, 0.15) is 10.8 Å². The number of nitrogens with two attached hydrogens (primary N) is 1. The standard InChI is InChI=1S/C13H15N3S2/c1-9(6-10-4-5-18-8-10)16-12-3-2-11(7-15-12)13(14)17/h2-5,7-9H,6H2,1H3,(H2,14,17)(H,15,16). The average molecular weight is 277 g/mol. The maximum Gasteiger partial charge on any atom is 0.126 e. The van der Waals surface area contributed by atoms with Gasteiger partial charge >= 0.3 is 0 Å². The van der Waals surface area contributed by atoms with Crippen molar-refractivity contribution in [2.24, 2.45) is 5.73 Å². The van der Waals surface area contributed by atoms with Crippen molar-refractivity contribution in [2.75, 3.05) is 5.32 Å². The highest BCUT2D eigenvalue weighted by Gasteiger charge is 2.05. The Morgan fingerprint density at radius 3 is 2.89 bits per heavy atom. The van der Waals surface area contributed by atoms with Crippen molar-refractivity contribution in [1.82, 2.24) is 4.98 Å². The van der Waals surface area contributed by atoms with Crippen molar-refractivity contribution in [1.29, 1.82) is 0 Å². The molecule has 3 N–H and O–H groups in total. The summed E-state index contributed by atoms with van der Waals surface area (Å²) in [5.41, 5.74) is 7.67. The molecule has 2 aromatic heterocycles.